The second-order valence-electron chi connectivity index (χ2n) is 5.88. The number of anilines is 1. The van der Waals surface area contributed by atoms with Crippen molar-refractivity contribution in [2.75, 3.05) is 18.1 Å². The van der Waals surface area contributed by atoms with Gasteiger partial charge in [-0.2, -0.15) is 0 Å². The molecule has 3 rings (SSSR count). The van der Waals surface area contributed by atoms with Gasteiger partial charge >= 0.3 is 0 Å². The fourth-order valence-corrected chi connectivity index (χ4v) is 3.12. The van der Waals surface area contributed by atoms with Gasteiger partial charge in [0.1, 0.15) is 12.0 Å². The van der Waals surface area contributed by atoms with Crippen LogP contribution in [0.1, 0.15) is 36.0 Å². The molecule has 24 heavy (non-hydrogen) atoms. The van der Waals surface area contributed by atoms with Crippen molar-refractivity contribution in [1.82, 2.24) is 10.2 Å². The number of aromatic nitrogens is 2. The molecule has 1 fully saturated rings. The maximum atomic E-state index is 10.7. The Bertz CT molecular complexity index is 661. The summed E-state index contributed by atoms with van der Waals surface area (Å²) >= 11 is 5.83. The van der Waals surface area contributed by atoms with E-state index in [0.717, 1.165) is 43.7 Å². The van der Waals surface area contributed by atoms with Crippen LogP contribution in [0.5, 0.6) is 5.75 Å². The van der Waals surface area contributed by atoms with E-state index in [0.29, 0.717) is 23.4 Å². The van der Waals surface area contributed by atoms with Crippen LogP contribution in [0.3, 0.4) is 0 Å². The number of aldehydes is 1. The van der Waals surface area contributed by atoms with E-state index in [2.05, 4.69) is 15.1 Å². The van der Waals surface area contributed by atoms with Crippen LogP contribution in [-0.4, -0.2) is 35.7 Å². The van der Waals surface area contributed by atoms with Gasteiger partial charge in [-0.3, -0.25) is 4.79 Å². The highest BCUT2D eigenvalue weighted by Crippen LogP contribution is 2.25. The van der Waals surface area contributed by atoms with Gasteiger partial charge in [0, 0.05) is 24.6 Å². The Morgan fingerprint density at radius 1 is 1.17 bits per heavy atom. The minimum Gasteiger partial charge on any atom is -0.494 e. The Hall–Kier alpha value is -2.14. The van der Waals surface area contributed by atoms with Crippen LogP contribution >= 0.6 is 11.6 Å². The standard InChI is InChI=1S/C18H20ClN3O2/c19-17-8-9-18(21-20-17)22-11-2-1-3-15(22)10-12-24-16-6-4-14(13-23)5-7-16/h4-9,13,15H,1-3,10-12H2. The normalized spacial score (nSPS) is 17.5. The van der Waals surface area contributed by atoms with Crippen molar-refractivity contribution in [2.45, 2.75) is 31.7 Å². The number of hydrogen-bond acceptors (Lipinski definition) is 5. The predicted octanol–water partition coefficient (Wildman–Crippen LogP) is 3.77. The zero-order chi connectivity index (χ0) is 16.8. The first-order valence-electron chi connectivity index (χ1n) is 8.20. The number of rotatable bonds is 6. The van der Waals surface area contributed by atoms with Gasteiger partial charge in [0.25, 0.3) is 0 Å². The first-order valence-corrected chi connectivity index (χ1v) is 8.58. The molecule has 0 radical (unpaired) electrons. The quantitative estimate of drug-likeness (QED) is 0.746. The number of ether oxygens (including phenoxy) is 1. The van der Waals surface area contributed by atoms with Crippen molar-refractivity contribution in [1.29, 1.82) is 0 Å². The predicted molar refractivity (Wildman–Crippen MR) is 94.0 cm³/mol. The molecule has 0 N–H and O–H groups in total. The molecule has 6 heteroatoms. The Balaban J connectivity index is 1.57. The molecular weight excluding hydrogens is 326 g/mol. The third-order valence-corrected chi connectivity index (χ3v) is 4.48. The van der Waals surface area contributed by atoms with Crippen molar-refractivity contribution in [3.63, 3.8) is 0 Å². The van der Waals surface area contributed by atoms with Crippen molar-refractivity contribution >= 4 is 23.7 Å². The molecule has 0 aliphatic carbocycles. The summed E-state index contributed by atoms with van der Waals surface area (Å²) in [4.78, 5) is 13.0. The molecule has 1 aliphatic rings. The van der Waals surface area contributed by atoms with E-state index in [1.54, 1.807) is 18.2 Å². The van der Waals surface area contributed by atoms with E-state index >= 15 is 0 Å². The van der Waals surface area contributed by atoms with Gasteiger partial charge < -0.3 is 9.64 Å². The van der Waals surface area contributed by atoms with Crippen LogP contribution in [0.25, 0.3) is 0 Å². The van der Waals surface area contributed by atoms with Crippen LogP contribution < -0.4 is 9.64 Å². The SMILES string of the molecule is O=Cc1ccc(OCCC2CCCCN2c2ccc(Cl)nn2)cc1. The second-order valence-corrected chi connectivity index (χ2v) is 6.27. The second kappa shape index (κ2) is 8.11. The van der Waals surface area contributed by atoms with Gasteiger partial charge in [-0.25, -0.2) is 0 Å². The summed E-state index contributed by atoms with van der Waals surface area (Å²) in [6.07, 6.45) is 5.25. The Morgan fingerprint density at radius 3 is 2.71 bits per heavy atom. The lowest BCUT2D eigenvalue weighted by Crippen LogP contribution is -2.41. The smallest absolute Gasteiger partial charge is 0.151 e. The van der Waals surface area contributed by atoms with Gasteiger partial charge in [0.2, 0.25) is 0 Å². The highest BCUT2D eigenvalue weighted by atomic mass is 35.5. The molecule has 1 aliphatic heterocycles. The molecule has 1 aromatic heterocycles. The summed E-state index contributed by atoms with van der Waals surface area (Å²) in [6, 6.07) is 11.3. The molecule has 1 aromatic carbocycles. The summed E-state index contributed by atoms with van der Waals surface area (Å²) in [5.41, 5.74) is 0.655. The summed E-state index contributed by atoms with van der Waals surface area (Å²) in [6.45, 7) is 1.61. The van der Waals surface area contributed by atoms with Gasteiger partial charge in [0.15, 0.2) is 11.0 Å². The number of carbonyl (C=O) groups excluding carboxylic acids is 1. The molecule has 5 nitrogen and oxygen atoms in total. The molecule has 1 unspecified atom stereocenters. The number of hydrogen-bond donors (Lipinski definition) is 0. The van der Waals surface area contributed by atoms with E-state index in [-0.39, 0.29) is 0 Å². The fraction of sp³-hybridized carbons (Fsp3) is 0.389. The number of halogens is 1. The summed E-state index contributed by atoms with van der Waals surface area (Å²) in [5.74, 6) is 1.66. The largest absolute Gasteiger partial charge is 0.494 e. The lowest BCUT2D eigenvalue weighted by atomic mass is 9.99. The minimum atomic E-state index is 0.392. The number of carbonyl (C=O) groups is 1. The van der Waals surface area contributed by atoms with Crippen LogP contribution in [0.4, 0.5) is 5.82 Å². The zero-order valence-electron chi connectivity index (χ0n) is 13.4. The molecule has 1 saturated heterocycles. The van der Waals surface area contributed by atoms with Crippen molar-refractivity contribution in [2.24, 2.45) is 0 Å². The molecule has 0 bridgehead atoms. The highest BCUT2D eigenvalue weighted by Gasteiger charge is 2.23. The van der Waals surface area contributed by atoms with E-state index in [1.807, 2.05) is 18.2 Å². The van der Waals surface area contributed by atoms with Crippen LogP contribution in [0, 0.1) is 0 Å². The average Bonchev–Trinajstić information content (AvgIpc) is 2.63. The molecule has 126 valence electrons. The van der Waals surface area contributed by atoms with Crippen molar-refractivity contribution in [3.8, 4) is 5.75 Å². The molecule has 0 spiro atoms. The maximum absolute atomic E-state index is 10.7. The number of nitrogens with zero attached hydrogens (tertiary/aromatic N) is 3. The summed E-state index contributed by atoms with van der Waals surface area (Å²) in [5, 5.41) is 8.57. The van der Waals surface area contributed by atoms with Crippen LogP contribution in [0.2, 0.25) is 5.15 Å². The molecule has 0 saturated carbocycles. The zero-order valence-corrected chi connectivity index (χ0v) is 14.2. The fourth-order valence-electron chi connectivity index (χ4n) is 3.02. The third kappa shape index (κ3) is 4.23. The molecular formula is C18H20ClN3O2. The van der Waals surface area contributed by atoms with E-state index in [9.17, 15) is 4.79 Å². The van der Waals surface area contributed by atoms with Crippen LogP contribution in [0.15, 0.2) is 36.4 Å². The van der Waals surface area contributed by atoms with Gasteiger partial charge in [-0.15, -0.1) is 10.2 Å². The Kier molecular flexibility index (Phi) is 5.64. The summed E-state index contributed by atoms with van der Waals surface area (Å²) < 4.78 is 5.81. The van der Waals surface area contributed by atoms with Crippen LogP contribution in [-0.2, 0) is 0 Å². The Labute approximate surface area is 146 Å². The lowest BCUT2D eigenvalue weighted by molar-refractivity contribution is 0.112. The molecule has 2 heterocycles. The first-order chi connectivity index (χ1) is 11.8. The molecule has 2 aromatic rings. The summed E-state index contributed by atoms with van der Waals surface area (Å²) in [7, 11) is 0. The monoisotopic (exact) mass is 345 g/mol. The van der Waals surface area contributed by atoms with E-state index < -0.39 is 0 Å². The molecule has 1 atom stereocenters. The average molecular weight is 346 g/mol. The van der Waals surface area contributed by atoms with Crippen molar-refractivity contribution < 1.29 is 9.53 Å². The molecule has 0 amide bonds. The van der Waals surface area contributed by atoms with Gasteiger partial charge in [-0.05, 0) is 55.7 Å². The minimum absolute atomic E-state index is 0.392. The topological polar surface area (TPSA) is 55.3 Å². The van der Waals surface area contributed by atoms with E-state index in [1.165, 1.54) is 6.42 Å². The maximum Gasteiger partial charge on any atom is 0.151 e. The lowest BCUT2D eigenvalue weighted by Gasteiger charge is -2.36. The highest BCUT2D eigenvalue weighted by molar-refractivity contribution is 6.29. The van der Waals surface area contributed by atoms with Gasteiger partial charge in [-0.1, -0.05) is 11.6 Å². The Morgan fingerprint density at radius 2 is 2.00 bits per heavy atom. The number of piperidine rings is 1. The first kappa shape index (κ1) is 16.7. The third-order valence-electron chi connectivity index (χ3n) is 4.28. The van der Waals surface area contributed by atoms with Gasteiger partial charge in [0.05, 0.1) is 6.61 Å². The van der Waals surface area contributed by atoms with E-state index in [4.69, 9.17) is 16.3 Å². The number of benzene rings is 1. The van der Waals surface area contributed by atoms with Crippen molar-refractivity contribution in [3.05, 3.63) is 47.1 Å².